The Morgan fingerprint density at radius 2 is 2.00 bits per heavy atom. The lowest BCUT2D eigenvalue weighted by atomic mass is 9.88. The summed E-state index contributed by atoms with van der Waals surface area (Å²) in [5, 5.41) is 0. The van der Waals surface area contributed by atoms with E-state index in [9.17, 15) is 0 Å². The Labute approximate surface area is 101 Å². The van der Waals surface area contributed by atoms with Gasteiger partial charge in [0.25, 0.3) is 0 Å². The molecule has 0 unspecified atom stereocenters. The molecule has 1 aliphatic heterocycles. The van der Waals surface area contributed by atoms with Crippen molar-refractivity contribution in [2.24, 2.45) is 11.8 Å². The zero-order chi connectivity index (χ0) is 11.4. The number of hydrogen-bond acceptors (Lipinski definition) is 1. The molecule has 1 heteroatoms. The summed E-state index contributed by atoms with van der Waals surface area (Å²) < 4.78 is 0. The van der Waals surface area contributed by atoms with Crippen molar-refractivity contribution in [1.29, 1.82) is 0 Å². The molecule has 1 nitrogen and oxygen atoms in total. The summed E-state index contributed by atoms with van der Waals surface area (Å²) >= 11 is 0. The molecular weight excluding hydrogens is 194 g/mol. The number of hydrogen-bond donors (Lipinski definition) is 0. The van der Waals surface area contributed by atoms with E-state index in [-0.39, 0.29) is 0 Å². The van der Waals surface area contributed by atoms with E-state index in [4.69, 9.17) is 0 Å². The summed E-state index contributed by atoms with van der Waals surface area (Å²) in [6.07, 6.45) is 11.2. The summed E-state index contributed by atoms with van der Waals surface area (Å²) in [5.74, 6) is 1.74. The number of nitrogens with zero attached hydrogens (tertiary/aromatic N) is 1. The Morgan fingerprint density at radius 1 is 1.25 bits per heavy atom. The van der Waals surface area contributed by atoms with Crippen LogP contribution in [0.15, 0.2) is 11.6 Å². The van der Waals surface area contributed by atoms with Gasteiger partial charge in [-0.05, 0) is 31.1 Å². The molecule has 0 aromatic carbocycles. The van der Waals surface area contributed by atoms with Crippen molar-refractivity contribution in [2.45, 2.75) is 52.4 Å². The predicted octanol–water partition coefficient (Wildman–Crippen LogP) is 3.85. The van der Waals surface area contributed by atoms with E-state index >= 15 is 0 Å². The minimum atomic E-state index is 0.745. The zero-order valence-electron chi connectivity index (χ0n) is 11.0. The summed E-state index contributed by atoms with van der Waals surface area (Å²) in [6, 6.07) is 0. The first-order valence-corrected chi connectivity index (χ1v) is 7.17. The van der Waals surface area contributed by atoms with Crippen LogP contribution in [0.4, 0.5) is 0 Å². The van der Waals surface area contributed by atoms with Gasteiger partial charge in [0.15, 0.2) is 0 Å². The van der Waals surface area contributed by atoms with Crippen LogP contribution in [0.1, 0.15) is 52.4 Å². The van der Waals surface area contributed by atoms with Crippen LogP contribution in [0.25, 0.3) is 0 Å². The van der Waals surface area contributed by atoms with E-state index in [0.717, 1.165) is 11.8 Å². The van der Waals surface area contributed by atoms with Gasteiger partial charge in [-0.15, -0.1) is 0 Å². The Hall–Kier alpha value is -0.300. The zero-order valence-corrected chi connectivity index (χ0v) is 11.0. The van der Waals surface area contributed by atoms with Crippen molar-refractivity contribution in [1.82, 2.24) is 4.90 Å². The van der Waals surface area contributed by atoms with Crippen LogP contribution >= 0.6 is 0 Å². The lowest BCUT2D eigenvalue weighted by molar-refractivity contribution is 0.205. The van der Waals surface area contributed by atoms with Crippen LogP contribution in [-0.2, 0) is 0 Å². The van der Waals surface area contributed by atoms with Gasteiger partial charge in [-0.25, -0.2) is 0 Å². The smallest absolute Gasteiger partial charge is 0.0195 e. The fraction of sp³-hybridized carbons (Fsp3) is 0.867. The highest BCUT2D eigenvalue weighted by Crippen LogP contribution is 2.26. The third-order valence-corrected chi connectivity index (χ3v) is 4.24. The highest BCUT2D eigenvalue weighted by Gasteiger charge is 2.20. The standard InChI is InChI=1S/C15H27N/c1-13(2)15-9-6-10-16(12-15)11-14-7-4-3-5-8-14/h9,13-14H,3-8,10-12H2,1-2H3. The molecule has 16 heavy (non-hydrogen) atoms. The van der Waals surface area contributed by atoms with Crippen LogP contribution in [0.5, 0.6) is 0 Å². The maximum absolute atomic E-state index is 2.70. The van der Waals surface area contributed by atoms with Gasteiger partial charge >= 0.3 is 0 Å². The summed E-state index contributed by atoms with van der Waals surface area (Å²) in [6.45, 7) is 8.57. The van der Waals surface area contributed by atoms with E-state index in [1.807, 2.05) is 0 Å². The third-order valence-electron chi connectivity index (χ3n) is 4.24. The SMILES string of the molecule is CC(C)C1=CCCN(CC2CCCCC2)C1. The van der Waals surface area contributed by atoms with Gasteiger partial charge in [0.1, 0.15) is 0 Å². The highest BCUT2D eigenvalue weighted by atomic mass is 15.1. The van der Waals surface area contributed by atoms with E-state index < -0.39 is 0 Å². The van der Waals surface area contributed by atoms with Crippen LogP contribution < -0.4 is 0 Å². The minimum absolute atomic E-state index is 0.745. The molecule has 0 spiro atoms. The van der Waals surface area contributed by atoms with E-state index in [1.165, 1.54) is 58.2 Å². The molecule has 1 aliphatic carbocycles. The largest absolute Gasteiger partial charge is 0.299 e. The van der Waals surface area contributed by atoms with Crippen molar-refractivity contribution in [3.8, 4) is 0 Å². The van der Waals surface area contributed by atoms with Gasteiger partial charge in [0.05, 0.1) is 0 Å². The van der Waals surface area contributed by atoms with Crippen molar-refractivity contribution >= 4 is 0 Å². The van der Waals surface area contributed by atoms with Crippen LogP contribution in [0, 0.1) is 11.8 Å². The minimum Gasteiger partial charge on any atom is -0.299 e. The second-order valence-corrected chi connectivity index (χ2v) is 5.96. The molecular formula is C15H27N. The van der Waals surface area contributed by atoms with Crippen molar-refractivity contribution in [3.63, 3.8) is 0 Å². The Morgan fingerprint density at radius 3 is 2.69 bits per heavy atom. The van der Waals surface area contributed by atoms with Crippen molar-refractivity contribution < 1.29 is 0 Å². The van der Waals surface area contributed by atoms with Crippen LogP contribution in [-0.4, -0.2) is 24.5 Å². The second-order valence-electron chi connectivity index (χ2n) is 5.96. The molecule has 2 rings (SSSR count). The maximum Gasteiger partial charge on any atom is 0.0195 e. The molecule has 1 fully saturated rings. The summed E-state index contributed by atoms with van der Waals surface area (Å²) in [7, 11) is 0. The lowest BCUT2D eigenvalue weighted by Crippen LogP contribution is -2.35. The van der Waals surface area contributed by atoms with Gasteiger partial charge in [-0.2, -0.15) is 0 Å². The van der Waals surface area contributed by atoms with Gasteiger partial charge in [-0.1, -0.05) is 44.8 Å². The fourth-order valence-corrected chi connectivity index (χ4v) is 3.14. The monoisotopic (exact) mass is 221 g/mol. The van der Waals surface area contributed by atoms with Crippen molar-refractivity contribution in [3.05, 3.63) is 11.6 Å². The topological polar surface area (TPSA) is 3.24 Å². The van der Waals surface area contributed by atoms with Crippen molar-refractivity contribution in [2.75, 3.05) is 19.6 Å². The average molecular weight is 221 g/mol. The molecule has 2 aliphatic rings. The quantitative estimate of drug-likeness (QED) is 0.654. The van der Waals surface area contributed by atoms with Gasteiger partial charge in [0.2, 0.25) is 0 Å². The average Bonchev–Trinajstić information content (AvgIpc) is 2.30. The summed E-state index contributed by atoms with van der Waals surface area (Å²) in [5.41, 5.74) is 1.67. The molecule has 0 aromatic rings. The molecule has 1 saturated carbocycles. The Balaban J connectivity index is 1.80. The van der Waals surface area contributed by atoms with Crippen LogP contribution in [0.2, 0.25) is 0 Å². The highest BCUT2D eigenvalue weighted by molar-refractivity contribution is 5.10. The Kier molecular flexibility index (Phi) is 4.45. The molecule has 0 atom stereocenters. The lowest BCUT2D eigenvalue weighted by Gasteiger charge is -2.33. The summed E-state index contributed by atoms with van der Waals surface area (Å²) in [4.78, 5) is 2.70. The molecule has 0 radical (unpaired) electrons. The molecule has 0 aromatic heterocycles. The first-order chi connectivity index (χ1) is 7.75. The van der Waals surface area contributed by atoms with E-state index in [0.29, 0.717) is 0 Å². The molecule has 0 bridgehead atoms. The second kappa shape index (κ2) is 5.86. The fourth-order valence-electron chi connectivity index (χ4n) is 3.14. The first kappa shape index (κ1) is 12.2. The molecule has 92 valence electrons. The molecule has 1 heterocycles. The van der Waals surface area contributed by atoms with E-state index in [1.54, 1.807) is 5.57 Å². The molecule has 0 amide bonds. The predicted molar refractivity (Wildman–Crippen MR) is 70.6 cm³/mol. The number of rotatable bonds is 3. The van der Waals surface area contributed by atoms with E-state index in [2.05, 4.69) is 24.8 Å². The van der Waals surface area contributed by atoms with Crippen LogP contribution in [0.3, 0.4) is 0 Å². The third kappa shape index (κ3) is 3.35. The normalized spacial score (nSPS) is 24.8. The molecule has 0 N–H and O–H groups in total. The van der Waals surface area contributed by atoms with Gasteiger partial charge < -0.3 is 0 Å². The van der Waals surface area contributed by atoms with Gasteiger partial charge in [0, 0.05) is 19.6 Å². The maximum atomic E-state index is 2.70. The Bertz CT molecular complexity index is 236. The molecule has 0 saturated heterocycles. The first-order valence-electron chi connectivity index (χ1n) is 7.17. The van der Waals surface area contributed by atoms with Gasteiger partial charge in [-0.3, -0.25) is 4.90 Å².